The van der Waals surface area contributed by atoms with Crippen LogP contribution in [0, 0.1) is 17.8 Å². The molecule has 10 nitrogen and oxygen atoms in total. The highest BCUT2D eigenvalue weighted by Gasteiger charge is 2.39. The van der Waals surface area contributed by atoms with Gasteiger partial charge in [0.25, 0.3) is 5.91 Å². The molecular formula is C32H37F4N5O5S. The zero-order valence-corrected chi connectivity index (χ0v) is 27.0. The molecule has 3 heterocycles. The smallest absolute Gasteiger partial charge is 0.406 e. The van der Waals surface area contributed by atoms with Crippen molar-refractivity contribution in [2.24, 2.45) is 5.92 Å². The summed E-state index contributed by atoms with van der Waals surface area (Å²) in [6.45, 7) is 2.55. The lowest BCUT2D eigenvalue weighted by Crippen LogP contribution is -2.59. The molecular weight excluding hydrogens is 642 g/mol. The van der Waals surface area contributed by atoms with E-state index >= 15 is 4.39 Å². The molecule has 15 heteroatoms. The number of sulfone groups is 1. The van der Waals surface area contributed by atoms with Crippen LogP contribution in [0.5, 0.6) is 5.75 Å². The zero-order valence-electron chi connectivity index (χ0n) is 26.2. The van der Waals surface area contributed by atoms with E-state index in [1.807, 2.05) is 6.92 Å². The van der Waals surface area contributed by atoms with Crippen LogP contribution in [-0.4, -0.2) is 99.4 Å². The fourth-order valence-corrected chi connectivity index (χ4v) is 6.78. The number of amides is 1. The second-order valence-corrected chi connectivity index (χ2v) is 14.0. The maximum Gasteiger partial charge on any atom is 0.406 e. The van der Waals surface area contributed by atoms with E-state index in [0.29, 0.717) is 31.2 Å². The predicted octanol–water partition coefficient (Wildman–Crippen LogP) is 4.04. The number of fused-ring (bicyclic) bond motifs is 1. The number of benzene rings is 2. The van der Waals surface area contributed by atoms with Crippen molar-refractivity contribution in [3.8, 4) is 17.6 Å². The summed E-state index contributed by atoms with van der Waals surface area (Å²) < 4.78 is 91.3. The number of nitrogens with zero attached hydrogens (tertiary/aromatic N) is 3. The third-order valence-corrected chi connectivity index (χ3v) is 9.57. The normalized spacial score (nSPS) is 21.2. The molecule has 1 aromatic heterocycles. The molecule has 3 atom stereocenters. The number of piperidine rings is 1. The average Bonchev–Trinajstić information content (AvgIpc) is 3.41. The third-order valence-electron chi connectivity index (χ3n) is 8.46. The molecule has 0 aliphatic carbocycles. The molecule has 254 valence electrons. The van der Waals surface area contributed by atoms with Gasteiger partial charge in [-0.15, -0.1) is 0 Å². The molecule has 1 amide bonds. The van der Waals surface area contributed by atoms with Gasteiger partial charge in [-0.05, 0) is 49.1 Å². The number of likely N-dealkylation sites (tertiary alicyclic amines) is 1. The molecule has 2 N–H and O–H groups in total. The molecule has 5 rings (SSSR count). The summed E-state index contributed by atoms with van der Waals surface area (Å²) in [6, 6.07) is 6.58. The topological polar surface area (TPSA) is 115 Å². The number of alkyl halides is 4. The fraction of sp³-hybridized carbons (Fsp3) is 0.500. The van der Waals surface area contributed by atoms with Crippen molar-refractivity contribution in [2.45, 2.75) is 55.6 Å². The first kappa shape index (κ1) is 34.5. The van der Waals surface area contributed by atoms with E-state index in [2.05, 4.69) is 32.4 Å². The Kier molecular flexibility index (Phi) is 10.3. The van der Waals surface area contributed by atoms with Gasteiger partial charge in [-0.3, -0.25) is 9.69 Å². The van der Waals surface area contributed by atoms with Gasteiger partial charge in [-0.25, -0.2) is 17.8 Å². The van der Waals surface area contributed by atoms with Crippen molar-refractivity contribution in [3.05, 3.63) is 47.8 Å². The number of hydrogen-bond donors (Lipinski definition) is 2. The van der Waals surface area contributed by atoms with Crippen molar-refractivity contribution in [2.75, 3.05) is 51.5 Å². The van der Waals surface area contributed by atoms with Crippen LogP contribution in [0.3, 0.4) is 0 Å². The minimum atomic E-state index is -4.55. The second-order valence-electron chi connectivity index (χ2n) is 12.0. The first-order valence-corrected chi connectivity index (χ1v) is 17.1. The Hall–Kier alpha value is -3.87. The van der Waals surface area contributed by atoms with Gasteiger partial charge in [0, 0.05) is 44.2 Å². The summed E-state index contributed by atoms with van der Waals surface area (Å²) >= 11 is 0. The van der Waals surface area contributed by atoms with Gasteiger partial charge in [0.15, 0.2) is 9.84 Å². The van der Waals surface area contributed by atoms with Crippen LogP contribution in [0.4, 0.5) is 23.2 Å². The van der Waals surface area contributed by atoms with Crippen molar-refractivity contribution in [3.63, 3.8) is 0 Å². The Labute approximate surface area is 270 Å². The van der Waals surface area contributed by atoms with Crippen molar-refractivity contribution >= 4 is 32.5 Å². The second kappa shape index (κ2) is 14.1. The standard InChI is InChI=1S/C32H37F4N5O5S/c1-20-16-40(22-8-11-46-12-9-22)17-25(33)29(20)39-31(42)24-13-21(14-27-30(24)38-19-41(27)18-32(34,35)36)5-4-10-37-26-15-23(47(3,43)44)6-7-28(26)45-2/h6-7,13-15,19-20,22,25,29,37H,8-12,16-18H2,1-3H3,(H,39,42). The zero-order chi connectivity index (χ0) is 33.9. The largest absolute Gasteiger partial charge is 0.495 e. The van der Waals surface area contributed by atoms with Crippen LogP contribution < -0.4 is 15.4 Å². The monoisotopic (exact) mass is 679 g/mol. The molecule has 47 heavy (non-hydrogen) atoms. The van der Waals surface area contributed by atoms with Crippen LogP contribution in [0.25, 0.3) is 11.0 Å². The third kappa shape index (κ3) is 8.35. The van der Waals surface area contributed by atoms with Crippen LogP contribution >= 0.6 is 0 Å². The molecule has 3 aromatic rings. The van der Waals surface area contributed by atoms with Gasteiger partial charge in [0.05, 0.1) is 47.7 Å². The van der Waals surface area contributed by atoms with E-state index < -0.39 is 40.7 Å². The molecule has 2 saturated heterocycles. The van der Waals surface area contributed by atoms with Crippen molar-refractivity contribution in [1.29, 1.82) is 0 Å². The van der Waals surface area contributed by atoms with Gasteiger partial charge in [0.1, 0.15) is 24.0 Å². The summed E-state index contributed by atoms with van der Waals surface area (Å²) in [5, 5.41) is 5.78. The minimum absolute atomic E-state index is 0.0116. The Morgan fingerprint density at radius 3 is 2.57 bits per heavy atom. The number of methoxy groups -OCH3 is 1. The highest BCUT2D eigenvalue weighted by atomic mass is 32.2. The Bertz CT molecular complexity index is 1770. The number of ether oxygens (including phenoxy) is 2. The van der Waals surface area contributed by atoms with E-state index in [1.54, 1.807) is 0 Å². The molecule has 2 aliphatic rings. The lowest BCUT2D eigenvalue weighted by atomic mass is 9.89. The lowest BCUT2D eigenvalue weighted by Gasteiger charge is -2.44. The van der Waals surface area contributed by atoms with Crippen LogP contribution in [-0.2, 0) is 21.1 Å². The Morgan fingerprint density at radius 1 is 1.17 bits per heavy atom. The van der Waals surface area contributed by atoms with Gasteiger partial charge in [-0.2, -0.15) is 13.2 Å². The highest BCUT2D eigenvalue weighted by Crippen LogP contribution is 2.29. The molecule has 0 bridgehead atoms. The number of carbonyl (C=O) groups is 1. The molecule has 0 saturated carbocycles. The number of rotatable bonds is 8. The highest BCUT2D eigenvalue weighted by molar-refractivity contribution is 7.90. The maximum atomic E-state index is 15.5. The predicted molar refractivity (Wildman–Crippen MR) is 168 cm³/mol. The van der Waals surface area contributed by atoms with E-state index in [-0.39, 0.29) is 52.1 Å². The maximum absolute atomic E-state index is 15.5. The quantitative estimate of drug-likeness (QED) is 0.271. The lowest BCUT2D eigenvalue weighted by molar-refractivity contribution is -0.139. The van der Waals surface area contributed by atoms with Crippen molar-refractivity contribution in [1.82, 2.24) is 19.8 Å². The first-order valence-electron chi connectivity index (χ1n) is 15.2. The average molecular weight is 680 g/mol. The number of imidazole rings is 1. The summed E-state index contributed by atoms with van der Waals surface area (Å²) in [5.74, 6) is 5.22. The number of carbonyl (C=O) groups excluding carboxylic acids is 1. The fourth-order valence-electron chi connectivity index (χ4n) is 6.13. The number of anilines is 1. The number of nitrogens with one attached hydrogen (secondary N) is 2. The van der Waals surface area contributed by atoms with Crippen molar-refractivity contribution < 1.29 is 40.2 Å². The van der Waals surface area contributed by atoms with E-state index in [1.165, 1.54) is 37.4 Å². The first-order chi connectivity index (χ1) is 22.2. The van der Waals surface area contributed by atoms with Gasteiger partial charge in [0.2, 0.25) is 0 Å². The Morgan fingerprint density at radius 2 is 1.91 bits per heavy atom. The minimum Gasteiger partial charge on any atom is -0.495 e. The molecule has 0 spiro atoms. The molecule has 2 aliphatic heterocycles. The molecule has 2 fully saturated rings. The van der Waals surface area contributed by atoms with E-state index in [9.17, 15) is 26.4 Å². The molecule has 0 radical (unpaired) electrons. The van der Waals surface area contributed by atoms with Crippen LogP contribution in [0.1, 0.15) is 35.7 Å². The van der Waals surface area contributed by atoms with E-state index in [4.69, 9.17) is 9.47 Å². The number of hydrogen-bond acceptors (Lipinski definition) is 8. The van der Waals surface area contributed by atoms with E-state index in [0.717, 1.165) is 30.0 Å². The van der Waals surface area contributed by atoms with Gasteiger partial charge >= 0.3 is 6.18 Å². The Balaban J connectivity index is 1.39. The van der Waals surface area contributed by atoms with Gasteiger partial charge in [-0.1, -0.05) is 18.8 Å². The summed E-state index contributed by atoms with van der Waals surface area (Å²) in [7, 11) is -2.05. The number of halogens is 4. The summed E-state index contributed by atoms with van der Waals surface area (Å²) in [5.41, 5.74) is 0.689. The molecule has 2 aromatic carbocycles. The number of aromatic nitrogens is 2. The van der Waals surface area contributed by atoms with Gasteiger partial charge < -0.3 is 24.7 Å². The van der Waals surface area contributed by atoms with Crippen LogP contribution in [0.15, 0.2) is 41.6 Å². The summed E-state index contributed by atoms with van der Waals surface area (Å²) in [4.78, 5) is 19.9. The SMILES string of the molecule is COc1ccc(S(C)(=O)=O)cc1NCC#Cc1cc(C(=O)NC2C(C)CN(C3CCOCC3)CC2F)c2ncn(CC(F)(F)F)c2c1. The van der Waals surface area contributed by atoms with Crippen LogP contribution in [0.2, 0.25) is 0 Å². The summed E-state index contributed by atoms with van der Waals surface area (Å²) in [6.07, 6.45) is -2.16. The molecule has 3 unspecified atom stereocenters.